The SMILES string of the molecule is Cc1ccc(NC(=O)c2nc(C(=O)NC3CCCCC3)n3c2CCCC3)cc1. The van der Waals surface area contributed by atoms with E-state index in [0.717, 1.165) is 68.4 Å². The first kappa shape index (κ1) is 18.7. The second-order valence-electron chi connectivity index (χ2n) is 7.97. The first-order valence-corrected chi connectivity index (χ1v) is 10.4. The zero-order valence-corrected chi connectivity index (χ0v) is 16.5. The van der Waals surface area contributed by atoms with Gasteiger partial charge in [0.05, 0.1) is 5.69 Å². The Balaban J connectivity index is 1.56. The van der Waals surface area contributed by atoms with Crippen molar-refractivity contribution in [2.24, 2.45) is 0 Å². The average molecular weight is 380 g/mol. The molecule has 6 heteroatoms. The Bertz CT molecular complexity index is 863. The van der Waals surface area contributed by atoms with Gasteiger partial charge in [-0.1, -0.05) is 37.0 Å². The van der Waals surface area contributed by atoms with Crippen LogP contribution in [0.2, 0.25) is 0 Å². The number of nitrogens with zero attached hydrogens (tertiary/aromatic N) is 2. The zero-order valence-electron chi connectivity index (χ0n) is 16.5. The smallest absolute Gasteiger partial charge is 0.287 e. The van der Waals surface area contributed by atoms with Crippen molar-refractivity contribution in [3.63, 3.8) is 0 Å². The lowest BCUT2D eigenvalue weighted by molar-refractivity contribution is 0.0911. The van der Waals surface area contributed by atoms with Gasteiger partial charge in [0.25, 0.3) is 11.8 Å². The minimum absolute atomic E-state index is 0.149. The van der Waals surface area contributed by atoms with Crippen LogP contribution < -0.4 is 10.6 Å². The summed E-state index contributed by atoms with van der Waals surface area (Å²) in [5.74, 6) is -0.00927. The Kier molecular flexibility index (Phi) is 5.46. The molecule has 2 amide bonds. The molecule has 1 aliphatic heterocycles. The van der Waals surface area contributed by atoms with Gasteiger partial charge in [0.1, 0.15) is 0 Å². The van der Waals surface area contributed by atoms with Gasteiger partial charge in [-0.15, -0.1) is 0 Å². The van der Waals surface area contributed by atoms with Gasteiger partial charge in [-0.3, -0.25) is 9.59 Å². The minimum atomic E-state index is -0.244. The lowest BCUT2D eigenvalue weighted by atomic mass is 9.95. The van der Waals surface area contributed by atoms with Crippen LogP contribution in [0.5, 0.6) is 0 Å². The van der Waals surface area contributed by atoms with Crippen LogP contribution in [0.4, 0.5) is 5.69 Å². The third-order valence-electron chi connectivity index (χ3n) is 5.79. The highest BCUT2D eigenvalue weighted by atomic mass is 16.2. The Hall–Kier alpha value is -2.63. The fourth-order valence-corrected chi connectivity index (χ4v) is 4.22. The number of carbonyl (C=O) groups is 2. The number of fused-ring (bicyclic) bond motifs is 1. The number of rotatable bonds is 4. The topological polar surface area (TPSA) is 76.0 Å². The van der Waals surface area contributed by atoms with Gasteiger partial charge in [-0.25, -0.2) is 4.98 Å². The number of hydrogen-bond acceptors (Lipinski definition) is 3. The molecule has 2 heterocycles. The summed E-state index contributed by atoms with van der Waals surface area (Å²) in [7, 11) is 0. The number of nitrogens with one attached hydrogen (secondary N) is 2. The molecular weight excluding hydrogens is 352 g/mol. The minimum Gasteiger partial charge on any atom is -0.347 e. The van der Waals surface area contributed by atoms with E-state index in [4.69, 9.17) is 0 Å². The van der Waals surface area contributed by atoms with Crippen molar-refractivity contribution in [3.8, 4) is 0 Å². The van der Waals surface area contributed by atoms with Gasteiger partial charge in [0.15, 0.2) is 11.5 Å². The number of aryl methyl sites for hydroxylation is 1. The van der Waals surface area contributed by atoms with Crippen molar-refractivity contribution in [1.82, 2.24) is 14.9 Å². The van der Waals surface area contributed by atoms with Gasteiger partial charge in [-0.2, -0.15) is 0 Å². The second kappa shape index (κ2) is 8.17. The number of anilines is 1. The zero-order chi connectivity index (χ0) is 19.5. The number of benzene rings is 1. The van der Waals surface area contributed by atoms with E-state index in [1.54, 1.807) is 0 Å². The molecule has 2 aromatic rings. The number of carbonyl (C=O) groups excluding carboxylic acids is 2. The fourth-order valence-electron chi connectivity index (χ4n) is 4.22. The summed E-state index contributed by atoms with van der Waals surface area (Å²) in [6.07, 6.45) is 8.42. The molecule has 0 radical (unpaired) electrons. The van der Waals surface area contributed by atoms with Crippen LogP contribution in [0.25, 0.3) is 0 Å². The Morgan fingerprint density at radius 2 is 1.75 bits per heavy atom. The molecule has 6 nitrogen and oxygen atoms in total. The molecular formula is C22H28N4O2. The molecule has 1 fully saturated rings. The number of hydrogen-bond donors (Lipinski definition) is 2. The third-order valence-corrected chi connectivity index (χ3v) is 5.79. The molecule has 4 rings (SSSR count). The van der Waals surface area contributed by atoms with Crippen LogP contribution in [-0.2, 0) is 13.0 Å². The van der Waals surface area contributed by atoms with Crippen molar-refractivity contribution in [2.45, 2.75) is 70.9 Å². The van der Waals surface area contributed by atoms with Crippen molar-refractivity contribution in [1.29, 1.82) is 0 Å². The summed E-state index contributed by atoms with van der Waals surface area (Å²) in [6, 6.07) is 7.91. The van der Waals surface area contributed by atoms with Gasteiger partial charge in [0, 0.05) is 18.3 Å². The molecule has 2 aliphatic rings. The maximum atomic E-state index is 12.9. The van der Waals surface area contributed by atoms with Crippen LogP contribution in [-0.4, -0.2) is 27.4 Å². The van der Waals surface area contributed by atoms with E-state index < -0.39 is 0 Å². The maximum absolute atomic E-state index is 12.9. The summed E-state index contributed by atoms with van der Waals surface area (Å²) in [4.78, 5) is 30.3. The van der Waals surface area contributed by atoms with E-state index in [1.807, 2.05) is 35.8 Å². The number of imidazole rings is 1. The van der Waals surface area contributed by atoms with Crippen LogP contribution >= 0.6 is 0 Å². The fraction of sp³-hybridized carbons (Fsp3) is 0.500. The van der Waals surface area contributed by atoms with Gasteiger partial charge in [-0.05, 0) is 51.2 Å². The summed E-state index contributed by atoms with van der Waals surface area (Å²) in [5.41, 5.74) is 3.14. The van der Waals surface area contributed by atoms with E-state index >= 15 is 0 Å². The van der Waals surface area contributed by atoms with Crippen molar-refractivity contribution in [2.75, 3.05) is 5.32 Å². The summed E-state index contributed by atoms with van der Waals surface area (Å²) in [6.45, 7) is 2.75. The maximum Gasteiger partial charge on any atom is 0.287 e. The first-order chi connectivity index (χ1) is 13.6. The van der Waals surface area contributed by atoms with Crippen molar-refractivity contribution < 1.29 is 9.59 Å². The van der Waals surface area contributed by atoms with Crippen LogP contribution in [0.1, 0.15) is 77.3 Å². The lowest BCUT2D eigenvalue weighted by Crippen LogP contribution is -2.37. The predicted molar refractivity (Wildman–Crippen MR) is 109 cm³/mol. The summed E-state index contributed by atoms with van der Waals surface area (Å²) < 4.78 is 1.95. The Labute approximate surface area is 165 Å². The van der Waals surface area contributed by atoms with E-state index in [0.29, 0.717) is 11.5 Å². The molecule has 0 atom stereocenters. The van der Waals surface area contributed by atoms with Gasteiger partial charge >= 0.3 is 0 Å². The predicted octanol–water partition coefficient (Wildman–Crippen LogP) is 3.84. The highest BCUT2D eigenvalue weighted by Crippen LogP contribution is 2.23. The molecule has 0 unspecified atom stereocenters. The van der Waals surface area contributed by atoms with Crippen LogP contribution in [0.3, 0.4) is 0 Å². The molecule has 28 heavy (non-hydrogen) atoms. The average Bonchev–Trinajstić information content (AvgIpc) is 3.10. The lowest BCUT2D eigenvalue weighted by Gasteiger charge is -2.23. The molecule has 0 spiro atoms. The molecule has 148 valence electrons. The number of aromatic nitrogens is 2. The molecule has 1 aromatic carbocycles. The standard InChI is InChI=1S/C22H28N4O2/c1-15-10-12-17(13-11-15)23-21(27)19-18-9-5-6-14-26(18)20(25-19)22(28)24-16-7-3-2-4-8-16/h10-13,16H,2-9,14H2,1H3,(H,23,27)(H,24,28). The van der Waals surface area contributed by atoms with E-state index in [2.05, 4.69) is 15.6 Å². The second-order valence-corrected chi connectivity index (χ2v) is 7.97. The van der Waals surface area contributed by atoms with E-state index in [1.165, 1.54) is 6.42 Å². The molecule has 1 aromatic heterocycles. The third kappa shape index (κ3) is 3.96. The highest BCUT2D eigenvalue weighted by Gasteiger charge is 2.28. The van der Waals surface area contributed by atoms with Crippen LogP contribution in [0, 0.1) is 6.92 Å². The van der Waals surface area contributed by atoms with Crippen molar-refractivity contribution in [3.05, 3.63) is 47.0 Å². The monoisotopic (exact) mass is 380 g/mol. The molecule has 1 saturated carbocycles. The highest BCUT2D eigenvalue weighted by molar-refractivity contribution is 6.05. The Morgan fingerprint density at radius 3 is 2.50 bits per heavy atom. The molecule has 1 aliphatic carbocycles. The van der Waals surface area contributed by atoms with Gasteiger partial charge < -0.3 is 15.2 Å². The van der Waals surface area contributed by atoms with E-state index in [-0.39, 0.29) is 17.9 Å². The Morgan fingerprint density at radius 1 is 1.00 bits per heavy atom. The number of amides is 2. The largest absolute Gasteiger partial charge is 0.347 e. The van der Waals surface area contributed by atoms with Crippen molar-refractivity contribution >= 4 is 17.5 Å². The summed E-state index contributed by atoms with van der Waals surface area (Å²) >= 11 is 0. The summed E-state index contributed by atoms with van der Waals surface area (Å²) in [5, 5.41) is 6.06. The molecule has 0 saturated heterocycles. The van der Waals surface area contributed by atoms with Gasteiger partial charge in [0.2, 0.25) is 0 Å². The molecule has 0 bridgehead atoms. The normalized spacial score (nSPS) is 17.0. The van der Waals surface area contributed by atoms with Crippen LogP contribution in [0.15, 0.2) is 24.3 Å². The first-order valence-electron chi connectivity index (χ1n) is 10.4. The van der Waals surface area contributed by atoms with E-state index in [9.17, 15) is 9.59 Å². The quantitative estimate of drug-likeness (QED) is 0.846. The molecule has 2 N–H and O–H groups in total.